The van der Waals surface area contributed by atoms with Crippen LogP contribution in [-0.4, -0.2) is 18.3 Å². The van der Waals surface area contributed by atoms with Gasteiger partial charge in [0.1, 0.15) is 0 Å². The minimum absolute atomic E-state index is 0.520. The van der Waals surface area contributed by atoms with Crippen molar-refractivity contribution in [1.82, 2.24) is 0 Å². The summed E-state index contributed by atoms with van der Waals surface area (Å²) in [6.07, 6.45) is 5.27. The van der Waals surface area contributed by atoms with E-state index in [2.05, 4.69) is 13.8 Å². The Labute approximate surface area is 80.3 Å². The van der Waals surface area contributed by atoms with Crippen molar-refractivity contribution in [3.8, 4) is 0 Å². The van der Waals surface area contributed by atoms with Gasteiger partial charge in [-0.05, 0) is 12.8 Å². The summed E-state index contributed by atoms with van der Waals surface area (Å²) >= 11 is 1.96. The lowest BCUT2D eigenvalue weighted by Crippen LogP contribution is -2.33. The van der Waals surface area contributed by atoms with E-state index in [1.165, 1.54) is 31.4 Å². The smallest absolute Gasteiger partial charge is 0.0921 e. The van der Waals surface area contributed by atoms with E-state index < -0.39 is 0 Å². The number of ether oxygens (including phenoxy) is 1. The molecule has 0 aliphatic carbocycles. The van der Waals surface area contributed by atoms with Crippen molar-refractivity contribution in [2.24, 2.45) is 5.41 Å². The largest absolute Gasteiger partial charge is 0.370 e. The molecule has 0 aromatic rings. The molecule has 1 nitrogen and oxygen atoms in total. The van der Waals surface area contributed by atoms with Gasteiger partial charge in [-0.1, -0.05) is 26.7 Å². The summed E-state index contributed by atoms with van der Waals surface area (Å²) in [6.45, 7) is 5.55. The first kappa shape index (κ1) is 10.4. The molecule has 12 heavy (non-hydrogen) atoms. The molecule has 1 heterocycles. The van der Waals surface area contributed by atoms with Crippen LogP contribution in [0.5, 0.6) is 0 Å². The van der Waals surface area contributed by atoms with E-state index in [0.717, 1.165) is 12.5 Å². The molecule has 1 fully saturated rings. The first-order valence-corrected chi connectivity index (χ1v) is 6.14. The van der Waals surface area contributed by atoms with Crippen molar-refractivity contribution in [3.05, 3.63) is 0 Å². The molecule has 0 atom stereocenters. The van der Waals surface area contributed by atoms with E-state index >= 15 is 0 Å². The highest BCUT2D eigenvalue weighted by molar-refractivity contribution is 7.99. The third-order valence-electron chi connectivity index (χ3n) is 2.54. The van der Waals surface area contributed by atoms with Crippen LogP contribution < -0.4 is 0 Å². The number of hydrogen-bond donors (Lipinski definition) is 0. The summed E-state index contributed by atoms with van der Waals surface area (Å²) in [5, 5.41) is 0. The Morgan fingerprint density at radius 1 is 1.25 bits per heavy atom. The van der Waals surface area contributed by atoms with Crippen LogP contribution in [0.3, 0.4) is 0 Å². The maximum atomic E-state index is 5.55. The maximum Gasteiger partial charge on any atom is 0.0921 e. The van der Waals surface area contributed by atoms with E-state index in [0.29, 0.717) is 5.41 Å². The zero-order chi connectivity index (χ0) is 8.86. The van der Waals surface area contributed by atoms with Gasteiger partial charge in [-0.25, -0.2) is 0 Å². The number of thioether (sulfide) groups is 1. The molecule has 1 aliphatic heterocycles. The topological polar surface area (TPSA) is 9.23 Å². The maximum absolute atomic E-state index is 5.55. The zero-order valence-electron chi connectivity index (χ0n) is 8.27. The molecule has 1 saturated heterocycles. The van der Waals surface area contributed by atoms with E-state index in [4.69, 9.17) is 4.74 Å². The molecular formula is C10H20OS. The molecule has 0 bridgehead atoms. The van der Waals surface area contributed by atoms with E-state index in [1.807, 2.05) is 11.8 Å². The van der Waals surface area contributed by atoms with Crippen molar-refractivity contribution >= 4 is 11.8 Å². The van der Waals surface area contributed by atoms with Crippen molar-refractivity contribution in [2.45, 2.75) is 39.5 Å². The minimum Gasteiger partial charge on any atom is -0.370 e. The normalized spacial score (nSPS) is 22.5. The average Bonchev–Trinajstić information content (AvgIpc) is 2.07. The van der Waals surface area contributed by atoms with Gasteiger partial charge in [0.25, 0.3) is 0 Å². The first-order chi connectivity index (χ1) is 5.83. The van der Waals surface area contributed by atoms with Gasteiger partial charge in [-0.15, -0.1) is 11.8 Å². The third-order valence-corrected chi connectivity index (χ3v) is 3.69. The Hall–Kier alpha value is 0.310. The molecule has 0 aromatic heterocycles. The van der Waals surface area contributed by atoms with Crippen molar-refractivity contribution in [2.75, 3.05) is 18.3 Å². The zero-order valence-corrected chi connectivity index (χ0v) is 9.08. The Morgan fingerprint density at radius 2 is 1.92 bits per heavy atom. The SMILES string of the molecule is CCCC1(CCC)COCSC1. The van der Waals surface area contributed by atoms with Gasteiger partial charge < -0.3 is 4.74 Å². The summed E-state index contributed by atoms with van der Waals surface area (Å²) in [7, 11) is 0. The highest BCUT2D eigenvalue weighted by Crippen LogP contribution is 2.37. The van der Waals surface area contributed by atoms with Gasteiger partial charge >= 0.3 is 0 Å². The molecule has 0 N–H and O–H groups in total. The van der Waals surface area contributed by atoms with Crippen LogP contribution in [0, 0.1) is 5.41 Å². The molecule has 2 heteroatoms. The van der Waals surface area contributed by atoms with Crippen LogP contribution in [0.1, 0.15) is 39.5 Å². The molecule has 0 aromatic carbocycles. The van der Waals surface area contributed by atoms with E-state index in [1.54, 1.807) is 0 Å². The van der Waals surface area contributed by atoms with Crippen LogP contribution in [0.4, 0.5) is 0 Å². The summed E-state index contributed by atoms with van der Waals surface area (Å²) < 4.78 is 5.55. The van der Waals surface area contributed by atoms with Crippen LogP contribution in [-0.2, 0) is 4.74 Å². The second-order valence-corrected chi connectivity index (χ2v) is 4.75. The Bertz CT molecular complexity index is 103. The fraction of sp³-hybridized carbons (Fsp3) is 1.00. The summed E-state index contributed by atoms with van der Waals surface area (Å²) in [5.74, 6) is 2.23. The Balaban J connectivity index is 2.44. The van der Waals surface area contributed by atoms with Gasteiger partial charge in [-0.2, -0.15) is 0 Å². The molecule has 0 saturated carbocycles. The standard InChI is InChI=1S/C10H20OS/c1-3-5-10(6-4-2)7-11-9-12-8-10/h3-9H2,1-2H3. The van der Waals surface area contributed by atoms with Crippen molar-refractivity contribution in [3.63, 3.8) is 0 Å². The first-order valence-electron chi connectivity index (χ1n) is 4.98. The van der Waals surface area contributed by atoms with Crippen LogP contribution >= 0.6 is 11.8 Å². The lowest BCUT2D eigenvalue weighted by Gasteiger charge is -2.36. The average molecular weight is 188 g/mol. The van der Waals surface area contributed by atoms with Crippen LogP contribution in [0.2, 0.25) is 0 Å². The van der Waals surface area contributed by atoms with Crippen LogP contribution in [0.15, 0.2) is 0 Å². The minimum atomic E-state index is 0.520. The summed E-state index contributed by atoms with van der Waals surface area (Å²) in [6, 6.07) is 0. The Kier molecular flexibility index (Phi) is 4.44. The summed E-state index contributed by atoms with van der Waals surface area (Å²) in [4.78, 5) is 0. The summed E-state index contributed by atoms with van der Waals surface area (Å²) in [5.41, 5.74) is 0.520. The molecule has 1 rings (SSSR count). The molecule has 0 radical (unpaired) electrons. The highest BCUT2D eigenvalue weighted by atomic mass is 32.2. The van der Waals surface area contributed by atoms with Gasteiger partial charge in [0, 0.05) is 11.2 Å². The van der Waals surface area contributed by atoms with E-state index in [-0.39, 0.29) is 0 Å². The second kappa shape index (κ2) is 5.13. The van der Waals surface area contributed by atoms with Crippen molar-refractivity contribution in [1.29, 1.82) is 0 Å². The number of hydrogen-bond acceptors (Lipinski definition) is 2. The molecule has 72 valence electrons. The monoisotopic (exact) mass is 188 g/mol. The molecule has 0 amide bonds. The van der Waals surface area contributed by atoms with Gasteiger partial charge in [0.15, 0.2) is 0 Å². The fourth-order valence-corrected chi connectivity index (χ4v) is 3.18. The van der Waals surface area contributed by atoms with E-state index in [9.17, 15) is 0 Å². The van der Waals surface area contributed by atoms with Crippen molar-refractivity contribution < 1.29 is 4.74 Å². The molecule has 0 spiro atoms. The van der Waals surface area contributed by atoms with Gasteiger partial charge in [0.2, 0.25) is 0 Å². The van der Waals surface area contributed by atoms with Gasteiger partial charge in [0.05, 0.1) is 12.5 Å². The molecule has 0 unspecified atom stereocenters. The predicted octanol–water partition coefficient (Wildman–Crippen LogP) is 3.29. The molecular weight excluding hydrogens is 168 g/mol. The van der Waals surface area contributed by atoms with Crippen LogP contribution in [0.25, 0.3) is 0 Å². The van der Waals surface area contributed by atoms with Gasteiger partial charge in [-0.3, -0.25) is 0 Å². The quantitative estimate of drug-likeness (QED) is 0.669. The third kappa shape index (κ3) is 2.67. The number of rotatable bonds is 4. The fourth-order valence-electron chi connectivity index (χ4n) is 2.09. The predicted molar refractivity (Wildman–Crippen MR) is 55.5 cm³/mol. The lowest BCUT2D eigenvalue weighted by molar-refractivity contribution is 0.0609. The Morgan fingerprint density at radius 3 is 2.33 bits per heavy atom. The molecule has 1 aliphatic rings. The highest BCUT2D eigenvalue weighted by Gasteiger charge is 2.31. The second-order valence-electron chi connectivity index (χ2n) is 3.81. The lowest BCUT2D eigenvalue weighted by atomic mass is 9.82.